The summed E-state index contributed by atoms with van der Waals surface area (Å²) >= 11 is 7.65. The highest BCUT2D eigenvalue weighted by molar-refractivity contribution is 7.89. The average molecular weight is 495 g/mol. The quantitative estimate of drug-likeness (QED) is 0.560. The van der Waals surface area contributed by atoms with Gasteiger partial charge in [0, 0.05) is 23.5 Å². The SMILES string of the molecule is O=C(NC(c1ccc(F)cc1)c1cccs1)c1ccc(Cl)c(S(=O)(=O)N2CCOCC2)c1. The molecule has 1 fully saturated rings. The predicted molar refractivity (Wildman–Crippen MR) is 121 cm³/mol. The zero-order valence-corrected chi connectivity index (χ0v) is 19.2. The summed E-state index contributed by atoms with van der Waals surface area (Å²) in [6.45, 7) is 1.05. The van der Waals surface area contributed by atoms with E-state index < -0.39 is 22.0 Å². The average Bonchev–Trinajstić information content (AvgIpc) is 3.33. The largest absolute Gasteiger partial charge is 0.379 e. The van der Waals surface area contributed by atoms with E-state index in [1.165, 1.54) is 46.0 Å². The van der Waals surface area contributed by atoms with E-state index in [1.807, 2.05) is 17.5 Å². The van der Waals surface area contributed by atoms with Crippen molar-refractivity contribution >= 4 is 38.9 Å². The van der Waals surface area contributed by atoms with E-state index in [0.29, 0.717) is 18.8 Å². The van der Waals surface area contributed by atoms with E-state index in [9.17, 15) is 17.6 Å². The minimum atomic E-state index is -3.88. The summed E-state index contributed by atoms with van der Waals surface area (Å²) < 4.78 is 46.1. The number of hydrogen-bond donors (Lipinski definition) is 1. The van der Waals surface area contributed by atoms with Gasteiger partial charge < -0.3 is 10.1 Å². The molecule has 10 heteroatoms. The highest BCUT2D eigenvalue weighted by Gasteiger charge is 2.29. The van der Waals surface area contributed by atoms with Crippen molar-refractivity contribution in [3.63, 3.8) is 0 Å². The molecule has 1 aliphatic rings. The van der Waals surface area contributed by atoms with Crippen LogP contribution >= 0.6 is 22.9 Å². The number of sulfonamides is 1. The van der Waals surface area contributed by atoms with Gasteiger partial charge in [-0.05, 0) is 47.3 Å². The predicted octanol–water partition coefficient (Wildman–Crippen LogP) is 4.08. The number of halogens is 2. The van der Waals surface area contributed by atoms with Crippen molar-refractivity contribution < 1.29 is 22.3 Å². The number of ether oxygens (including phenoxy) is 1. The third kappa shape index (κ3) is 4.87. The lowest BCUT2D eigenvalue weighted by atomic mass is 10.0. The van der Waals surface area contributed by atoms with Crippen LogP contribution in [0.15, 0.2) is 64.9 Å². The summed E-state index contributed by atoms with van der Waals surface area (Å²) in [4.78, 5) is 13.8. The number of nitrogens with one attached hydrogen (secondary N) is 1. The van der Waals surface area contributed by atoms with Crippen molar-refractivity contribution in [2.24, 2.45) is 0 Å². The molecule has 0 aliphatic carbocycles. The number of benzene rings is 2. The van der Waals surface area contributed by atoms with Crippen LogP contribution in [0.3, 0.4) is 0 Å². The molecule has 0 bridgehead atoms. The minimum absolute atomic E-state index is 0.0429. The van der Waals surface area contributed by atoms with Crippen LogP contribution in [0.4, 0.5) is 4.39 Å². The molecule has 4 rings (SSSR count). The van der Waals surface area contributed by atoms with Gasteiger partial charge in [-0.2, -0.15) is 4.31 Å². The molecule has 0 saturated carbocycles. The molecule has 1 aliphatic heterocycles. The minimum Gasteiger partial charge on any atom is -0.379 e. The number of hydrogen-bond acceptors (Lipinski definition) is 5. The molecular weight excluding hydrogens is 475 g/mol. The van der Waals surface area contributed by atoms with E-state index in [0.717, 1.165) is 4.88 Å². The van der Waals surface area contributed by atoms with Crippen LogP contribution in [0.5, 0.6) is 0 Å². The third-order valence-corrected chi connectivity index (χ3v) is 8.41. The first-order valence-electron chi connectivity index (χ1n) is 9.83. The maximum absolute atomic E-state index is 13.4. The molecule has 1 unspecified atom stereocenters. The Balaban J connectivity index is 1.63. The summed E-state index contributed by atoms with van der Waals surface area (Å²) in [6, 6.07) is 13.3. The maximum atomic E-state index is 13.4. The Morgan fingerprint density at radius 2 is 1.84 bits per heavy atom. The molecule has 2 aromatic carbocycles. The van der Waals surface area contributed by atoms with Crippen molar-refractivity contribution in [3.05, 3.63) is 86.8 Å². The number of morpholine rings is 1. The first kappa shape index (κ1) is 22.9. The standard InChI is InChI=1S/C22H20ClFN2O4S2/c23-18-8-5-16(14-20(18)32(28,29)26-9-11-30-12-10-26)22(27)25-21(19-2-1-13-31-19)15-3-6-17(24)7-4-15/h1-8,13-14,21H,9-12H2,(H,25,27). The van der Waals surface area contributed by atoms with Gasteiger partial charge in [-0.25, -0.2) is 12.8 Å². The Labute approximate surface area is 194 Å². The molecule has 2 heterocycles. The van der Waals surface area contributed by atoms with Gasteiger partial charge in [0.05, 0.1) is 24.3 Å². The van der Waals surface area contributed by atoms with E-state index in [1.54, 1.807) is 12.1 Å². The summed E-state index contributed by atoms with van der Waals surface area (Å²) in [6.07, 6.45) is 0. The Morgan fingerprint density at radius 3 is 2.50 bits per heavy atom. The molecule has 1 saturated heterocycles. The van der Waals surface area contributed by atoms with Crippen LogP contribution in [0.1, 0.15) is 26.8 Å². The third-order valence-electron chi connectivity index (χ3n) is 5.09. The second-order valence-electron chi connectivity index (χ2n) is 7.14. The van der Waals surface area contributed by atoms with Crippen molar-refractivity contribution in [3.8, 4) is 0 Å². The van der Waals surface area contributed by atoms with E-state index in [-0.39, 0.29) is 34.4 Å². The lowest BCUT2D eigenvalue weighted by Crippen LogP contribution is -2.40. The van der Waals surface area contributed by atoms with Crippen molar-refractivity contribution in [1.82, 2.24) is 9.62 Å². The monoisotopic (exact) mass is 494 g/mol. The molecule has 0 radical (unpaired) electrons. The molecule has 1 atom stereocenters. The van der Waals surface area contributed by atoms with Crippen LogP contribution in [0.2, 0.25) is 5.02 Å². The van der Waals surface area contributed by atoms with Gasteiger partial charge in [-0.3, -0.25) is 4.79 Å². The molecule has 3 aromatic rings. The van der Waals surface area contributed by atoms with Crippen LogP contribution < -0.4 is 5.32 Å². The van der Waals surface area contributed by atoms with Gasteiger partial charge >= 0.3 is 0 Å². The topological polar surface area (TPSA) is 75.7 Å². The second kappa shape index (κ2) is 9.68. The van der Waals surface area contributed by atoms with E-state index in [2.05, 4.69) is 5.32 Å². The highest BCUT2D eigenvalue weighted by Crippen LogP contribution is 2.29. The van der Waals surface area contributed by atoms with Gasteiger partial charge in [0.2, 0.25) is 10.0 Å². The first-order chi connectivity index (χ1) is 15.4. The van der Waals surface area contributed by atoms with Gasteiger partial charge in [-0.1, -0.05) is 29.8 Å². The molecule has 6 nitrogen and oxygen atoms in total. The fraction of sp³-hybridized carbons (Fsp3) is 0.227. The Hall–Kier alpha value is -2.30. The molecule has 0 spiro atoms. The van der Waals surface area contributed by atoms with Crippen molar-refractivity contribution in [1.29, 1.82) is 0 Å². The zero-order chi connectivity index (χ0) is 22.7. The van der Waals surface area contributed by atoms with Gasteiger partial charge in [0.25, 0.3) is 5.91 Å². The van der Waals surface area contributed by atoms with E-state index >= 15 is 0 Å². The molecular formula is C22H20ClFN2O4S2. The summed E-state index contributed by atoms with van der Waals surface area (Å²) in [5.74, 6) is -0.844. The number of amides is 1. The Kier molecular flexibility index (Phi) is 6.92. The fourth-order valence-corrected chi connectivity index (χ4v) is 6.12. The number of thiophene rings is 1. The summed E-state index contributed by atoms with van der Waals surface area (Å²) in [7, 11) is -3.88. The van der Waals surface area contributed by atoms with Gasteiger partial charge in [-0.15, -0.1) is 11.3 Å². The number of rotatable bonds is 6. The van der Waals surface area contributed by atoms with Gasteiger partial charge in [0.1, 0.15) is 10.7 Å². The van der Waals surface area contributed by atoms with Crippen molar-refractivity contribution in [2.75, 3.05) is 26.3 Å². The van der Waals surface area contributed by atoms with Crippen LogP contribution in [0, 0.1) is 5.82 Å². The van der Waals surface area contributed by atoms with Crippen molar-refractivity contribution in [2.45, 2.75) is 10.9 Å². The van der Waals surface area contributed by atoms with Crippen LogP contribution in [-0.4, -0.2) is 44.9 Å². The first-order valence-corrected chi connectivity index (χ1v) is 12.5. The summed E-state index contributed by atoms with van der Waals surface area (Å²) in [5, 5.41) is 4.85. The van der Waals surface area contributed by atoms with Gasteiger partial charge in [0.15, 0.2) is 0 Å². The smallest absolute Gasteiger partial charge is 0.252 e. The normalized spacial score (nSPS) is 15.9. The number of carbonyl (C=O) groups is 1. The Morgan fingerprint density at radius 1 is 1.12 bits per heavy atom. The molecule has 168 valence electrons. The summed E-state index contributed by atoms with van der Waals surface area (Å²) in [5.41, 5.74) is 0.863. The van der Waals surface area contributed by atoms with E-state index in [4.69, 9.17) is 16.3 Å². The number of nitrogens with zero attached hydrogens (tertiary/aromatic N) is 1. The lowest BCUT2D eigenvalue weighted by molar-refractivity contribution is 0.0730. The molecule has 1 N–H and O–H groups in total. The fourth-order valence-electron chi connectivity index (χ4n) is 3.41. The van der Waals surface area contributed by atoms with Crippen LogP contribution in [-0.2, 0) is 14.8 Å². The zero-order valence-electron chi connectivity index (χ0n) is 16.8. The molecule has 1 amide bonds. The Bertz CT molecular complexity index is 1200. The maximum Gasteiger partial charge on any atom is 0.252 e. The molecule has 32 heavy (non-hydrogen) atoms. The van der Waals surface area contributed by atoms with Crippen LogP contribution in [0.25, 0.3) is 0 Å². The lowest BCUT2D eigenvalue weighted by Gasteiger charge is -2.26. The molecule has 1 aromatic heterocycles. The highest BCUT2D eigenvalue weighted by atomic mass is 35.5. The second-order valence-corrected chi connectivity index (χ2v) is 10.4. The number of carbonyl (C=O) groups excluding carboxylic acids is 1.